The van der Waals surface area contributed by atoms with Crippen LogP contribution in [-0.4, -0.2) is 6.36 Å². The van der Waals surface area contributed by atoms with Crippen molar-refractivity contribution >= 4 is 11.6 Å². The van der Waals surface area contributed by atoms with Gasteiger partial charge in [0.1, 0.15) is 11.6 Å². The molecule has 108 valence electrons. The van der Waals surface area contributed by atoms with Crippen LogP contribution in [0.5, 0.6) is 5.75 Å². The van der Waals surface area contributed by atoms with E-state index in [1.165, 1.54) is 24.3 Å². The molecule has 2 rings (SSSR count). The molecule has 0 fully saturated rings. The Kier molecular flexibility index (Phi) is 4.05. The van der Waals surface area contributed by atoms with Gasteiger partial charge in [0.05, 0.1) is 11.6 Å². The summed E-state index contributed by atoms with van der Waals surface area (Å²) >= 11 is 5.73. The molecular formula is C14H6ClF4NO. The lowest BCUT2D eigenvalue weighted by Crippen LogP contribution is -2.17. The maximum absolute atomic E-state index is 13.8. The van der Waals surface area contributed by atoms with Crippen molar-refractivity contribution in [3.63, 3.8) is 0 Å². The zero-order valence-corrected chi connectivity index (χ0v) is 11.0. The fourth-order valence-electron chi connectivity index (χ4n) is 1.73. The van der Waals surface area contributed by atoms with Crippen LogP contribution in [0.1, 0.15) is 5.56 Å². The van der Waals surface area contributed by atoms with E-state index >= 15 is 0 Å². The van der Waals surface area contributed by atoms with Crippen LogP contribution in [0, 0.1) is 17.1 Å². The van der Waals surface area contributed by atoms with Gasteiger partial charge in [0.2, 0.25) is 0 Å². The first-order valence-corrected chi connectivity index (χ1v) is 5.93. The van der Waals surface area contributed by atoms with Crippen LogP contribution >= 0.6 is 11.6 Å². The number of nitrogens with zero attached hydrogens (tertiary/aromatic N) is 1. The first kappa shape index (κ1) is 15.1. The minimum Gasteiger partial charge on any atom is -0.405 e. The molecule has 7 heteroatoms. The van der Waals surface area contributed by atoms with Crippen LogP contribution < -0.4 is 4.74 Å². The lowest BCUT2D eigenvalue weighted by Gasteiger charge is -2.14. The van der Waals surface area contributed by atoms with E-state index in [9.17, 15) is 17.6 Å². The zero-order chi connectivity index (χ0) is 15.6. The van der Waals surface area contributed by atoms with E-state index in [1.807, 2.05) is 0 Å². The molecule has 0 unspecified atom stereocenters. The Balaban J connectivity index is 2.62. The van der Waals surface area contributed by atoms with Gasteiger partial charge in [0, 0.05) is 16.1 Å². The normalized spacial score (nSPS) is 11.0. The van der Waals surface area contributed by atoms with Crippen molar-refractivity contribution in [1.29, 1.82) is 5.26 Å². The van der Waals surface area contributed by atoms with Gasteiger partial charge >= 0.3 is 6.36 Å². The number of benzene rings is 2. The summed E-state index contributed by atoms with van der Waals surface area (Å²) in [5, 5.41) is 8.90. The predicted molar refractivity (Wildman–Crippen MR) is 68.2 cm³/mol. The number of halogens is 5. The standard InChI is InChI=1S/C14H6ClF4NO/c15-9-2-4-12(16)11(6-9)10-3-1-8(7-20)5-13(10)21-14(17,18)19/h1-6H. The molecule has 0 aromatic heterocycles. The molecule has 0 radical (unpaired) electrons. The highest BCUT2D eigenvalue weighted by atomic mass is 35.5. The third-order valence-electron chi connectivity index (χ3n) is 2.55. The lowest BCUT2D eigenvalue weighted by molar-refractivity contribution is -0.274. The molecule has 0 aliphatic heterocycles. The highest BCUT2D eigenvalue weighted by Gasteiger charge is 2.32. The molecule has 0 amide bonds. The van der Waals surface area contributed by atoms with Crippen LogP contribution in [0.4, 0.5) is 17.6 Å². The molecule has 0 saturated carbocycles. The molecule has 0 saturated heterocycles. The van der Waals surface area contributed by atoms with E-state index in [0.717, 1.165) is 12.1 Å². The van der Waals surface area contributed by atoms with Crippen molar-refractivity contribution in [1.82, 2.24) is 0 Å². The van der Waals surface area contributed by atoms with Gasteiger partial charge in [0.15, 0.2) is 0 Å². The number of alkyl halides is 3. The Morgan fingerprint density at radius 2 is 1.76 bits per heavy atom. The quantitative estimate of drug-likeness (QED) is 0.737. The SMILES string of the molecule is N#Cc1ccc(-c2cc(Cl)ccc2F)c(OC(F)(F)F)c1. The van der Waals surface area contributed by atoms with Crippen molar-refractivity contribution in [3.8, 4) is 22.9 Å². The van der Waals surface area contributed by atoms with E-state index in [-0.39, 0.29) is 21.7 Å². The molecule has 0 aliphatic rings. The second-order valence-corrected chi connectivity index (χ2v) is 4.43. The molecule has 0 bridgehead atoms. The second-order valence-electron chi connectivity index (χ2n) is 3.99. The largest absolute Gasteiger partial charge is 0.573 e. The molecule has 2 aromatic carbocycles. The number of nitriles is 1. The van der Waals surface area contributed by atoms with E-state index in [1.54, 1.807) is 6.07 Å². The second kappa shape index (κ2) is 5.62. The van der Waals surface area contributed by atoms with Gasteiger partial charge in [-0.2, -0.15) is 5.26 Å². The third kappa shape index (κ3) is 3.64. The summed E-state index contributed by atoms with van der Waals surface area (Å²) in [4.78, 5) is 0. The van der Waals surface area contributed by atoms with Gasteiger partial charge in [-0.25, -0.2) is 4.39 Å². The van der Waals surface area contributed by atoms with E-state index < -0.39 is 17.9 Å². The van der Waals surface area contributed by atoms with E-state index in [4.69, 9.17) is 16.9 Å². The minimum atomic E-state index is -4.96. The monoisotopic (exact) mass is 315 g/mol. The molecule has 0 aliphatic carbocycles. The van der Waals surface area contributed by atoms with E-state index in [0.29, 0.717) is 0 Å². The number of ether oxygens (including phenoxy) is 1. The van der Waals surface area contributed by atoms with Gasteiger partial charge in [-0.3, -0.25) is 0 Å². The van der Waals surface area contributed by atoms with Crippen LogP contribution in [-0.2, 0) is 0 Å². The molecular weight excluding hydrogens is 310 g/mol. The van der Waals surface area contributed by atoms with Crippen molar-refractivity contribution < 1.29 is 22.3 Å². The summed E-state index contributed by atoms with van der Waals surface area (Å²) in [5.74, 6) is -1.42. The fraction of sp³-hybridized carbons (Fsp3) is 0.0714. The van der Waals surface area contributed by atoms with Crippen LogP contribution in [0.25, 0.3) is 11.1 Å². The van der Waals surface area contributed by atoms with Crippen molar-refractivity contribution in [2.75, 3.05) is 0 Å². The maximum Gasteiger partial charge on any atom is 0.573 e. The number of rotatable bonds is 2. The molecule has 0 spiro atoms. The molecule has 2 aromatic rings. The molecule has 2 nitrogen and oxygen atoms in total. The van der Waals surface area contributed by atoms with Crippen molar-refractivity contribution in [2.24, 2.45) is 0 Å². The Labute approximate surface area is 122 Å². The number of hydrogen-bond donors (Lipinski definition) is 0. The average Bonchev–Trinajstić information content (AvgIpc) is 2.40. The Bertz CT molecular complexity index is 722. The molecule has 21 heavy (non-hydrogen) atoms. The van der Waals surface area contributed by atoms with Crippen LogP contribution in [0.2, 0.25) is 5.02 Å². The minimum absolute atomic E-state index is 0.0413. The van der Waals surface area contributed by atoms with E-state index in [2.05, 4.69) is 4.74 Å². The summed E-state index contributed by atoms with van der Waals surface area (Å²) in [6.45, 7) is 0. The smallest absolute Gasteiger partial charge is 0.405 e. The summed E-state index contributed by atoms with van der Waals surface area (Å²) in [6, 6.07) is 8.51. The Morgan fingerprint density at radius 1 is 1.05 bits per heavy atom. The summed E-state index contributed by atoms with van der Waals surface area (Å²) in [7, 11) is 0. The Hall–Kier alpha value is -2.26. The van der Waals surface area contributed by atoms with Crippen molar-refractivity contribution in [3.05, 3.63) is 52.8 Å². The number of hydrogen-bond acceptors (Lipinski definition) is 2. The van der Waals surface area contributed by atoms with Gasteiger partial charge in [-0.1, -0.05) is 11.6 Å². The third-order valence-corrected chi connectivity index (χ3v) is 2.79. The highest BCUT2D eigenvalue weighted by Crippen LogP contribution is 2.36. The van der Waals surface area contributed by atoms with Gasteiger partial charge in [0.25, 0.3) is 0 Å². The van der Waals surface area contributed by atoms with Gasteiger partial charge in [-0.05, 0) is 36.4 Å². The molecule has 0 N–H and O–H groups in total. The topological polar surface area (TPSA) is 33.0 Å². The van der Waals surface area contributed by atoms with Crippen LogP contribution in [0.15, 0.2) is 36.4 Å². The van der Waals surface area contributed by atoms with Gasteiger partial charge < -0.3 is 4.74 Å². The Morgan fingerprint density at radius 3 is 2.38 bits per heavy atom. The zero-order valence-electron chi connectivity index (χ0n) is 10.2. The molecule has 0 atom stereocenters. The predicted octanol–water partition coefficient (Wildman–Crippen LogP) is 4.92. The van der Waals surface area contributed by atoms with Crippen LogP contribution in [0.3, 0.4) is 0 Å². The summed E-state index contributed by atoms with van der Waals surface area (Å²) < 4.78 is 54.9. The average molecular weight is 316 g/mol. The summed E-state index contributed by atoms with van der Waals surface area (Å²) in [5.41, 5.74) is -0.335. The maximum atomic E-state index is 13.8. The fourth-order valence-corrected chi connectivity index (χ4v) is 1.90. The highest BCUT2D eigenvalue weighted by molar-refractivity contribution is 6.30. The molecule has 0 heterocycles. The lowest BCUT2D eigenvalue weighted by atomic mass is 10.0. The van der Waals surface area contributed by atoms with Crippen molar-refractivity contribution in [2.45, 2.75) is 6.36 Å². The first-order valence-electron chi connectivity index (χ1n) is 5.55. The summed E-state index contributed by atoms with van der Waals surface area (Å²) in [6.07, 6.45) is -4.96. The first-order chi connectivity index (χ1) is 9.80. The van der Waals surface area contributed by atoms with Gasteiger partial charge in [-0.15, -0.1) is 13.2 Å².